The first kappa shape index (κ1) is 10.8. The van der Waals surface area contributed by atoms with E-state index in [1.54, 1.807) is 0 Å². The molecule has 3 atom stereocenters. The SMILES string of the molecule is CCCC(O)[C@H](O)[C@@H](O)CO. The Bertz CT molecular complexity index is 96.4. The Morgan fingerprint density at radius 1 is 1.09 bits per heavy atom. The Morgan fingerprint density at radius 3 is 2.00 bits per heavy atom. The summed E-state index contributed by atoms with van der Waals surface area (Å²) in [6.07, 6.45) is -2.26. The third kappa shape index (κ3) is 3.67. The summed E-state index contributed by atoms with van der Waals surface area (Å²) < 4.78 is 0. The van der Waals surface area contributed by atoms with Crippen LogP contribution in [0.2, 0.25) is 0 Å². The summed E-state index contributed by atoms with van der Waals surface area (Å²) in [5.41, 5.74) is 0. The van der Waals surface area contributed by atoms with Crippen LogP contribution in [0.25, 0.3) is 0 Å². The lowest BCUT2D eigenvalue weighted by molar-refractivity contribution is -0.0782. The molecule has 0 aromatic heterocycles. The van der Waals surface area contributed by atoms with E-state index in [4.69, 9.17) is 20.4 Å². The quantitative estimate of drug-likeness (QED) is 0.414. The van der Waals surface area contributed by atoms with Crippen molar-refractivity contribution in [2.75, 3.05) is 6.61 Å². The van der Waals surface area contributed by atoms with Crippen LogP contribution in [-0.2, 0) is 0 Å². The predicted molar refractivity (Wildman–Crippen MR) is 40.0 cm³/mol. The van der Waals surface area contributed by atoms with Gasteiger partial charge in [0.2, 0.25) is 0 Å². The smallest absolute Gasteiger partial charge is 0.108 e. The zero-order chi connectivity index (χ0) is 8.85. The Balaban J connectivity index is 3.70. The maximum absolute atomic E-state index is 9.10. The van der Waals surface area contributed by atoms with Gasteiger partial charge in [-0.2, -0.15) is 0 Å². The van der Waals surface area contributed by atoms with Gasteiger partial charge >= 0.3 is 0 Å². The minimum absolute atomic E-state index is 0.429. The first-order valence-electron chi connectivity index (χ1n) is 3.78. The Morgan fingerprint density at radius 2 is 1.64 bits per heavy atom. The standard InChI is InChI=1S/C7H16O4/c1-2-3-5(9)7(11)6(10)4-8/h5-11H,2-4H2,1H3/t5?,6-,7-/m0/s1. The number of hydrogen-bond acceptors (Lipinski definition) is 4. The molecule has 0 saturated heterocycles. The number of rotatable bonds is 5. The summed E-state index contributed by atoms with van der Waals surface area (Å²) in [5.74, 6) is 0. The molecule has 0 amide bonds. The van der Waals surface area contributed by atoms with Crippen molar-refractivity contribution in [1.82, 2.24) is 0 Å². The minimum Gasteiger partial charge on any atom is -0.394 e. The fourth-order valence-electron chi connectivity index (χ4n) is 0.831. The molecular weight excluding hydrogens is 148 g/mol. The molecule has 0 aliphatic rings. The molecule has 0 aliphatic heterocycles. The van der Waals surface area contributed by atoms with Gasteiger partial charge in [0.05, 0.1) is 12.7 Å². The largest absolute Gasteiger partial charge is 0.394 e. The molecule has 0 saturated carbocycles. The second-order valence-corrected chi connectivity index (χ2v) is 2.60. The van der Waals surface area contributed by atoms with Gasteiger partial charge in [0, 0.05) is 0 Å². The third-order valence-corrected chi connectivity index (χ3v) is 1.56. The van der Waals surface area contributed by atoms with E-state index in [2.05, 4.69) is 0 Å². The van der Waals surface area contributed by atoms with Crippen molar-refractivity contribution >= 4 is 0 Å². The van der Waals surface area contributed by atoms with Crippen LogP contribution in [-0.4, -0.2) is 45.3 Å². The van der Waals surface area contributed by atoms with Crippen molar-refractivity contribution in [1.29, 1.82) is 0 Å². The summed E-state index contributed by atoms with van der Waals surface area (Å²) in [6, 6.07) is 0. The second kappa shape index (κ2) is 5.49. The molecule has 0 aromatic carbocycles. The van der Waals surface area contributed by atoms with Gasteiger partial charge in [-0.1, -0.05) is 13.3 Å². The van der Waals surface area contributed by atoms with E-state index in [1.807, 2.05) is 6.92 Å². The molecule has 1 unspecified atom stereocenters. The van der Waals surface area contributed by atoms with Crippen molar-refractivity contribution in [2.45, 2.75) is 38.1 Å². The van der Waals surface area contributed by atoms with E-state index in [0.717, 1.165) is 6.42 Å². The maximum Gasteiger partial charge on any atom is 0.108 e. The first-order chi connectivity index (χ1) is 5.13. The highest BCUT2D eigenvalue weighted by atomic mass is 16.4. The monoisotopic (exact) mass is 164 g/mol. The zero-order valence-electron chi connectivity index (χ0n) is 6.64. The number of hydrogen-bond donors (Lipinski definition) is 4. The van der Waals surface area contributed by atoms with Crippen molar-refractivity contribution in [3.8, 4) is 0 Å². The number of aliphatic hydroxyl groups is 4. The van der Waals surface area contributed by atoms with Crippen LogP contribution in [0.5, 0.6) is 0 Å². The summed E-state index contributed by atoms with van der Waals surface area (Å²) >= 11 is 0. The molecule has 0 radical (unpaired) electrons. The van der Waals surface area contributed by atoms with E-state index in [9.17, 15) is 0 Å². The average molecular weight is 164 g/mol. The van der Waals surface area contributed by atoms with E-state index in [0.29, 0.717) is 6.42 Å². The Labute approximate surface area is 66.1 Å². The molecule has 0 spiro atoms. The highest BCUT2D eigenvalue weighted by molar-refractivity contribution is 4.73. The molecule has 11 heavy (non-hydrogen) atoms. The molecule has 0 aliphatic carbocycles. The van der Waals surface area contributed by atoms with Gasteiger partial charge in [-0.15, -0.1) is 0 Å². The third-order valence-electron chi connectivity index (χ3n) is 1.56. The highest BCUT2D eigenvalue weighted by Crippen LogP contribution is 2.05. The lowest BCUT2D eigenvalue weighted by atomic mass is 10.0. The molecule has 68 valence electrons. The zero-order valence-corrected chi connectivity index (χ0v) is 6.64. The maximum atomic E-state index is 9.10. The van der Waals surface area contributed by atoms with E-state index >= 15 is 0 Å². The molecule has 0 aromatic rings. The van der Waals surface area contributed by atoms with Gasteiger partial charge in [-0.25, -0.2) is 0 Å². The van der Waals surface area contributed by atoms with Crippen molar-refractivity contribution in [3.05, 3.63) is 0 Å². The minimum atomic E-state index is -1.24. The molecular formula is C7H16O4. The van der Waals surface area contributed by atoms with Crippen LogP contribution >= 0.6 is 0 Å². The van der Waals surface area contributed by atoms with Crippen LogP contribution in [0.15, 0.2) is 0 Å². The molecule has 0 rings (SSSR count). The topological polar surface area (TPSA) is 80.9 Å². The van der Waals surface area contributed by atoms with E-state index in [-0.39, 0.29) is 0 Å². The van der Waals surface area contributed by atoms with Crippen LogP contribution in [0.3, 0.4) is 0 Å². The lowest BCUT2D eigenvalue weighted by Crippen LogP contribution is -2.39. The summed E-state index contributed by atoms with van der Waals surface area (Å²) in [5, 5.41) is 35.4. The molecule has 0 bridgehead atoms. The Hall–Kier alpha value is -0.160. The van der Waals surface area contributed by atoms with Gasteiger partial charge in [0.1, 0.15) is 12.2 Å². The van der Waals surface area contributed by atoms with Crippen molar-refractivity contribution in [3.63, 3.8) is 0 Å². The van der Waals surface area contributed by atoms with Gasteiger partial charge in [0.25, 0.3) is 0 Å². The molecule has 0 fully saturated rings. The van der Waals surface area contributed by atoms with Crippen molar-refractivity contribution < 1.29 is 20.4 Å². The molecule has 0 heterocycles. The normalized spacial score (nSPS) is 19.4. The van der Waals surface area contributed by atoms with Crippen LogP contribution in [0.1, 0.15) is 19.8 Å². The van der Waals surface area contributed by atoms with Gasteiger partial charge < -0.3 is 20.4 Å². The molecule has 4 nitrogen and oxygen atoms in total. The van der Waals surface area contributed by atoms with Gasteiger partial charge in [-0.3, -0.25) is 0 Å². The van der Waals surface area contributed by atoms with Crippen LogP contribution in [0, 0.1) is 0 Å². The van der Waals surface area contributed by atoms with Crippen LogP contribution < -0.4 is 0 Å². The second-order valence-electron chi connectivity index (χ2n) is 2.60. The summed E-state index contributed by atoms with van der Waals surface area (Å²) in [6.45, 7) is 1.34. The Kier molecular flexibility index (Phi) is 5.41. The van der Waals surface area contributed by atoms with Gasteiger partial charge in [-0.05, 0) is 6.42 Å². The lowest BCUT2D eigenvalue weighted by Gasteiger charge is -2.20. The van der Waals surface area contributed by atoms with E-state index in [1.165, 1.54) is 0 Å². The van der Waals surface area contributed by atoms with E-state index < -0.39 is 24.9 Å². The number of aliphatic hydroxyl groups excluding tert-OH is 4. The predicted octanol–water partition coefficient (Wildman–Crippen LogP) is -1.14. The fourth-order valence-corrected chi connectivity index (χ4v) is 0.831. The van der Waals surface area contributed by atoms with Crippen molar-refractivity contribution in [2.24, 2.45) is 0 Å². The average Bonchev–Trinajstić information content (AvgIpc) is 2.02. The fraction of sp³-hybridized carbons (Fsp3) is 1.00. The summed E-state index contributed by atoms with van der Waals surface area (Å²) in [4.78, 5) is 0. The van der Waals surface area contributed by atoms with Gasteiger partial charge in [0.15, 0.2) is 0 Å². The molecule has 4 N–H and O–H groups in total. The summed E-state index contributed by atoms with van der Waals surface area (Å²) in [7, 11) is 0. The highest BCUT2D eigenvalue weighted by Gasteiger charge is 2.22. The van der Waals surface area contributed by atoms with Crippen LogP contribution in [0.4, 0.5) is 0 Å². The first-order valence-corrected chi connectivity index (χ1v) is 3.78. The molecule has 4 heteroatoms.